The maximum absolute atomic E-state index is 12.2. The van der Waals surface area contributed by atoms with Crippen LogP contribution in [-0.4, -0.2) is 37.6 Å². The second-order valence-corrected chi connectivity index (χ2v) is 7.07. The average Bonchev–Trinajstić information content (AvgIpc) is 3.11. The molecule has 0 radical (unpaired) electrons. The van der Waals surface area contributed by atoms with Gasteiger partial charge in [-0.2, -0.15) is 0 Å². The molecular weight excluding hydrogens is 226 g/mol. The van der Waals surface area contributed by atoms with Crippen molar-refractivity contribution in [2.45, 2.75) is 46.5 Å². The van der Waals surface area contributed by atoms with Crippen LogP contribution in [0.2, 0.25) is 0 Å². The summed E-state index contributed by atoms with van der Waals surface area (Å²) >= 11 is 0. The minimum absolute atomic E-state index is 0.0129. The van der Waals surface area contributed by atoms with Crippen molar-refractivity contribution in [1.29, 1.82) is 0 Å². The Morgan fingerprint density at radius 1 is 1.28 bits per heavy atom. The van der Waals surface area contributed by atoms with Gasteiger partial charge in [-0.05, 0) is 50.1 Å². The lowest BCUT2D eigenvalue weighted by Crippen LogP contribution is -2.52. The monoisotopic (exact) mass is 253 g/mol. The normalized spacial score (nSPS) is 24.9. The Morgan fingerprint density at radius 2 is 1.83 bits per heavy atom. The molecule has 2 fully saturated rings. The largest absolute Gasteiger partial charge is 0.469 e. The third-order valence-corrected chi connectivity index (χ3v) is 4.93. The second kappa shape index (κ2) is 4.84. The maximum Gasteiger partial charge on any atom is 0.312 e. The second-order valence-electron chi connectivity index (χ2n) is 7.07. The Balaban J connectivity index is 2.02. The van der Waals surface area contributed by atoms with Crippen molar-refractivity contribution in [3.05, 3.63) is 0 Å². The highest BCUT2D eigenvalue weighted by molar-refractivity contribution is 5.78. The van der Waals surface area contributed by atoms with E-state index in [1.807, 2.05) is 0 Å². The van der Waals surface area contributed by atoms with E-state index in [-0.39, 0.29) is 16.8 Å². The SMILES string of the molecule is COC(=O)C1(C(C)(C)C)CCN(CC2CC2)CC1. The van der Waals surface area contributed by atoms with Gasteiger partial charge in [-0.25, -0.2) is 0 Å². The molecule has 0 aromatic rings. The van der Waals surface area contributed by atoms with Crippen LogP contribution in [0.5, 0.6) is 0 Å². The number of methoxy groups -OCH3 is 1. The molecule has 3 heteroatoms. The van der Waals surface area contributed by atoms with Crippen LogP contribution < -0.4 is 0 Å². The first-order valence-electron chi connectivity index (χ1n) is 7.20. The smallest absolute Gasteiger partial charge is 0.312 e. The summed E-state index contributed by atoms with van der Waals surface area (Å²) in [6.45, 7) is 9.83. The van der Waals surface area contributed by atoms with Crippen molar-refractivity contribution in [1.82, 2.24) is 4.90 Å². The third kappa shape index (κ3) is 2.56. The summed E-state index contributed by atoms with van der Waals surface area (Å²) in [5, 5.41) is 0. The topological polar surface area (TPSA) is 29.5 Å². The molecule has 1 aliphatic heterocycles. The fourth-order valence-corrected chi connectivity index (χ4v) is 3.24. The summed E-state index contributed by atoms with van der Waals surface area (Å²) < 4.78 is 5.09. The number of likely N-dealkylation sites (tertiary alicyclic amines) is 1. The number of hydrogen-bond donors (Lipinski definition) is 0. The van der Waals surface area contributed by atoms with E-state index in [0.29, 0.717) is 0 Å². The highest BCUT2D eigenvalue weighted by Crippen LogP contribution is 2.48. The number of carbonyl (C=O) groups excluding carboxylic acids is 1. The van der Waals surface area contributed by atoms with Gasteiger partial charge in [-0.1, -0.05) is 20.8 Å². The van der Waals surface area contributed by atoms with Crippen LogP contribution in [0.25, 0.3) is 0 Å². The van der Waals surface area contributed by atoms with Gasteiger partial charge in [0.2, 0.25) is 0 Å². The van der Waals surface area contributed by atoms with Crippen LogP contribution in [0.3, 0.4) is 0 Å². The number of nitrogens with zero attached hydrogens (tertiary/aromatic N) is 1. The minimum Gasteiger partial charge on any atom is -0.469 e. The first-order valence-corrected chi connectivity index (χ1v) is 7.20. The molecule has 0 atom stereocenters. The van der Waals surface area contributed by atoms with Crippen LogP contribution >= 0.6 is 0 Å². The Hall–Kier alpha value is -0.570. The van der Waals surface area contributed by atoms with Crippen LogP contribution in [0.1, 0.15) is 46.5 Å². The molecule has 0 bridgehead atoms. The molecule has 0 unspecified atom stereocenters. The van der Waals surface area contributed by atoms with Crippen LogP contribution in [0.15, 0.2) is 0 Å². The molecular formula is C15H27NO2. The Kier molecular flexibility index (Phi) is 3.72. The lowest BCUT2D eigenvalue weighted by molar-refractivity contribution is -0.165. The van der Waals surface area contributed by atoms with Gasteiger partial charge in [0, 0.05) is 6.54 Å². The Bertz CT molecular complexity index is 307. The van der Waals surface area contributed by atoms with E-state index in [1.165, 1.54) is 26.5 Å². The van der Waals surface area contributed by atoms with Gasteiger partial charge in [0.25, 0.3) is 0 Å². The van der Waals surface area contributed by atoms with Crippen molar-refractivity contribution in [2.75, 3.05) is 26.7 Å². The molecule has 0 N–H and O–H groups in total. The molecule has 0 spiro atoms. The van der Waals surface area contributed by atoms with E-state index in [1.54, 1.807) is 0 Å². The molecule has 104 valence electrons. The van der Waals surface area contributed by atoms with Crippen LogP contribution in [-0.2, 0) is 9.53 Å². The van der Waals surface area contributed by atoms with Gasteiger partial charge in [0.05, 0.1) is 12.5 Å². The van der Waals surface area contributed by atoms with E-state index in [9.17, 15) is 4.79 Å². The zero-order valence-electron chi connectivity index (χ0n) is 12.3. The van der Waals surface area contributed by atoms with Gasteiger partial charge >= 0.3 is 5.97 Å². The summed E-state index contributed by atoms with van der Waals surface area (Å²) in [5.74, 6) is 0.923. The van der Waals surface area contributed by atoms with E-state index in [4.69, 9.17) is 4.74 Å². The highest BCUT2D eigenvalue weighted by Gasteiger charge is 2.51. The predicted octanol–water partition coefficient (Wildman–Crippen LogP) is 2.70. The predicted molar refractivity (Wildman–Crippen MR) is 72.3 cm³/mol. The average molecular weight is 253 g/mol. The van der Waals surface area contributed by atoms with E-state index < -0.39 is 0 Å². The van der Waals surface area contributed by atoms with Gasteiger partial charge in [-0.3, -0.25) is 4.79 Å². The van der Waals surface area contributed by atoms with E-state index >= 15 is 0 Å². The molecule has 1 saturated heterocycles. The molecule has 2 rings (SSSR count). The molecule has 18 heavy (non-hydrogen) atoms. The van der Waals surface area contributed by atoms with Gasteiger partial charge in [0.1, 0.15) is 0 Å². The number of esters is 1. The Morgan fingerprint density at radius 3 is 2.22 bits per heavy atom. The van der Waals surface area contributed by atoms with E-state index in [2.05, 4.69) is 25.7 Å². The van der Waals surface area contributed by atoms with E-state index in [0.717, 1.165) is 31.8 Å². The van der Waals surface area contributed by atoms with Crippen LogP contribution in [0, 0.1) is 16.7 Å². The summed E-state index contributed by atoms with van der Waals surface area (Å²) in [6, 6.07) is 0. The van der Waals surface area contributed by atoms with Gasteiger partial charge in [-0.15, -0.1) is 0 Å². The van der Waals surface area contributed by atoms with Crippen molar-refractivity contribution in [3.63, 3.8) is 0 Å². The molecule has 3 nitrogen and oxygen atoms in total. The Labute approximate surface area is 111 Å². The van der Waals surface area contributed by atoms with Crippen LogP contribution in [0.4, 0.5) is 0 Å². The maximum atomic E-state index is 12.2. The summed E-state index contributed by atoms with van der Waals surface area (Å²) in [4.78, 5) is 14.8. The molecule has 0 aromatic carbocycles. The summed E-state index contributed by atoms with van der Waals surface area (Å²) in [5.41, 5.74) is -0.312. The molecule has 1 heterocycles. The third-order valence-electron chi connectivity index (χ3n) is 4.93. The molecule has 1 aliphatic carbocycles. The van der Waals surface area contributed by atoms with Gasteiger partial charge < -0.3 is 9.64 Å². The minimum atomic E-state index is -0.290. The molecule has 0 amide bonds. The highest BCUT2D eigenvalue weighted by atomic mass is 16.5. The number of rotatable bonds is 3. The number of ether oxygens (including phenoxy) is 1. The lowest BCUT2D eigenvalue weighted by Gasteiger charge is -2.47. The summed E-state index contributed by atoms with van der Waals surface area (Å²) in [7, 11) is 1.52. The zero-order valence-corrected chi connectivity index (χ0v) is 12.3. The van der Waals surface area contributed by atoms with Crippen molar-refractivity contribution >= 4 is 5.97 Å². The molecule has 2 aliphatic rings. The first kappa shape index (κ1) is 13.9. The zero-order chi connectivity index (χ0) is 13.4. The molecule has 1 saturated carbocycles. The fraction of sp³-hybridized carbons (Fsp3) is 0.933. The van der Waals surface area contributed by atoms with Gasteiger partial charge in [0.15, 0.2) is 0 Å². The fourth-order valence-electron chi connectivity index (χ4n) is 3.24. The summed E-state index contributed by atoms with van der Waals surface area (Å²) in [6.07, 6.45) is 4.68. The molecule has 0 aromatic heterocycles. The lowest BCUT2D eigenvalue weighted by atomic mass is 9.61. The number of piperidine rings is 1. The van der Waals surface area contributed by atoms with Crippen molar-refractivity contribution in [2.24, 2.45) is 16.7 Å². The number of carbonyl (C=O) groups is 1. The van der Waals surface area contributed by atoms with Crippen molar-refractivity contribution < 1.29 is 9.53 Å². The standard InChI is InChI=1S/C15H27NO2/c1-14(2,3)15(13(17)18-4)7-9-16(10-8-15)11-12-5-6-12/h12H,5-11H2,1-4H3. The van der Waals surface area contributed by atoms with Crippen molar-refractivity contribution in [3.8, 4) is 0 Å². The first-order chi connectivity index (χ1) is 8.39. The number of hydrogen-bond acceptors (Lipinski definition) is 3. The quantitative estimate of drug-likeness (QED) is 0.724.